The first-order valence-corrected chi connectivity index (χ1v) is 11.9. The van der Waals surface area contributed by atoms with Crippen molar-refractivity contribution < 1.29 is 28.9 Å². The minimum Gasteiger partial charge on any atom is -0.497 e. The standard InChI is InChI=1S/C26H28N4O6/c1-34-20-5-7-23-17(10-20)9-18(15-35-23)25(31)29-22-6-4-16(19-12-27-28-13-19)11-24(22)36-21-3-2-8-30(14-21)26(32)33/h4-7,10-13,18,21H,2-3,8-9,14-15H2,1H3,(H,27,28)(H,29,31)(H,32,33). The highest BCUT2D eigenvalue weighted by Gasteiger charge is 2.29. The fourth-order valence-electron chi connectivity index (χ4n) is 4.60. The Hall–Kier alpha value is -4.21. The van der Waals surface area contributed by atoms with Gasteiger partial charge in [-0.25, -0.2) is 4.79 Å². The van der Waals surface area contributed by atoms with Crippen molar-refractivity contribution in [1.82, 2.24) is 15.1 Å². The summed E-state index contributed by atoms with van der Waals surface area (Å²) < 4.78 is 17.4. The molecule has 2 amide bonds. The molecule has 188 valence electrons. The van der Waals surface area contributed by atoms with Gasteiger partial charge < -0.3 is 29.5 Å². The van der Waals surface area contributed by atoms with Crippen molar-refractivity contribution in [3.05, 3.63) is 54.4 Å². The van der Waals surface area contributed by atoms with Crippen LogP contribution in [-0.4, -0.2) is 65.1 Å². The van der Waals surface area contributed by atoms with Gasteiger partial charge in [-0.3, -0.25) is 9.89 Å². The second kappa shape index (κ2) is 10.2. The summed E-state index contributed by atoms with van der Waals surface area (Å²) in [6, 6.07) is 11.1. The van der Waals surface area contributed by atoms with E-state index in [1.807, 2.05) is 30.3 Å². The fourth-order valence-corrected chi connectivity index (χ4v) is 4.60. The highest BCUT2D eigenvalue weighted by molar-refractivity contribution is 5.95. The van der Waals surface area contributed by atoms with Crippen LogP contribution in [0.4, 0.5) is 10.5 Å². The molecule has 1 aromatic heterocycles. The fraction of sp³-hybridized carbons (Fsp3) is 0.346. The van der Waals surface area contributed by atoms with E-state index in [0.717, 1.165) is 28.9 Å². The van der Waals surface area contributed by atoms with Gasteiger partial charge in [-0.2, -0.15) is 5.10 Å². The average molecular weight is 493 g/mol. The zero-order valence-corrected chi connectivity index (χ0v) is 19.9. The van der Waals surface area contributed by atoms with Crippen LogP contribution in [0.3, 0.4) is 0 Å². The van der Waals surface area contributed by atoms with Gasteiger partial charge in [0.1, 0.15) is 30.0 Å². The Morgan fingerprint density at radius 3 is 2.89 bits per heavy atom. The molecule has 10 heteroatoms. The van der Waals surface area contributed by atoms with Crippen LogP contribution in [0.2, 0.25) is 0 Å². The number of nitrogens with one attached hydrogen (secondary N) is 2. The molecule has 0 saturated carbocycles. The summed E-state index contributed by atoms with van der Waals surface area (Å²) in [5.74, 6) is 1.39. The quantitative estimate of drug-likeness (QED) is 0.478. The molecule has 1 saturated heterocycles. The van der Waals surface area contributed by atoms with Crippen LogP contribution >= 0.6 is 0 Å². The third-order valence-electron chi connectivity index (χ3n) is 6.56. The number of H-pyrrole nitrogens is 1. The van der Waals surface area contributed by atoms with Crippen LogP contribution in [-0.2, 0) is 11.2 Å². The number of hydrogen-bond donors (Lipinski definition) is 3. The van der Waals surface area contributed by atoms with Gasteiger partial charge >= 0.3 is 6.09 Å². The number of hydrogen-bond acceptors (Lipinski definition) is 6. The van der Waals surface area contributed by atoms with Gasteiger partial charge in [-0.1, -0.05) is 6.07 Å². The summed E-state index contributed by atoms with van der Waals surface area (Å²) >= 11 is 0. The zero-order chi connectivity index (χ0) is 25.1. The number of aromatic amines is 1. The molecule has 2 aliphatic rings. The molecular formula is C26H28N4O6. The highest BCUT2D eigenvalue weighted by atomic mass is 16.5. The summed E-state index contributed by atoms with van der Waals surface area (Å²) in [5, 5.41) is 19.2. The number of anilines is 1. The molecule has 2 aromatic carbocycles. The number of piperidine rings is 1. The summed E-state index contributed by atoms with van der Waals surface area (Å²) in [7, 11) is 1.60. The SMILES string of the molecule is COc1ccc2c(c1)CC(C(=O)Nc1ccc(-c3cn[nH]c3)cc1OC1CCCN(C(=O)O)C1)CO2. The Labute approximate surface area is 208 Å². The summed E-state index contributed by atoms with van der Waals surface area (Å²) in [6.45, 7) is 1.03. The van der Waals surface area contributed by atoms with E-state index in [4.69, 9.17) is 14.2 Å². The Balaban J connectivity index is 1.36. The normalized spacial score (nSPS) is 19.1. The minimum atomic E-state index is -0.960. The first-order chi connectivity index (χ1) is 17.5. The van der Waals surface area contributed by atoms with E-state index in [1.54, 1.807) is 25.6 Å². The third-order valence-corrected chi connectivity index (χ3v) is 6.56. The molecule has 0 spiro atoms. The van der Waals surface area contributed by atoms with Crippen molar-refractivity contribution >= 4 is 17.7 Å². The van der Waals surface area contributed by atoms with Crippen molar-refractivity contribution in [2.24, 2.45) is 5.92 Å². The van der Waals surface area contributed by atoms with Crippen molar-refractivity contribution in [3.63, 3.8) is 0 Å². The van der Waals surface area contributed by atoms with E-state index in [9.17, 15) is 14.7 Å². The number of rotatable bonds is 6. The summed E-state index contributed by atoms with van der Waals surface area (Å²) in [6.07, 6.45) is 4.16. The molecule has 36 heavy (non-hydrogen) atoms. The number of likely N-dealkylation sites (tertiary alicyclic amines) is 1. The Morgan fingerprint density at radius 2 is 2.11 bits per heavy atom. The van der Waals surface area contributed by atoms with E-state index in [2.05, 4.69) is 15.5 Å². The molecule has 0 radical (unpaired) electrons. The summed E-state index contributed by atoms with van der Waals surface area (Å²) in [5.41, 5.74) is 3.18. The van der Waals surface area contributed by atoms with Crippen LogP contribution in [0.25, 0.3) is 11.1 Å². The van der Waals surface area contributed by atoms with Gasteiger partial charge in [0, 0.05) is 18.3 Å². The van der Waals surface area contributed by atoms with Crippen molar-refractivity contribution in [2.45, 2.75) is 25.4 Å². The summed E-state index contributed by atoms with van der Waals surface area (Å²) in [4.78, 5) is 26.1. The van der Waals surface area contributed by atoms with Crippen LogP contribution in [0.1, 0.15) is 18.4 Å². The molecule has 2 aliphatic heterocycles. The van der Waals surface area contributed by atoms with E-state index in [0.29, 0.717) is 36.6 Å². The van der Waals surface area contributed by atoms with Crippen molar-refractivity contribution in [3.8, 4) is 28.4 Å². The maximum atomic E-state index is 13.3. The van der Waals surface area contributed by atoms with E-state index >= 15 is 0 Å². The highest BCUT2D eigenvalue weighted by Crippen LogP contribution is 2.35. The number of amides is 2. The molecule has 3 heterocycles. The van der Waals surface area contributed by atoms with E-state index in [-0.39, 0.29) is 31.1 Å². The molecular weight excluding hydrogens is 464 g/mol. The number of nitrogens with zero attached hydrogens (tertiary/aromatic N) is 2. The first-order valence-electron chi connectivity index (χ1n) is 11.9. The molecule has 0 aliphatic carbocycles. The number of carbonyl (C=O) groups is 2. The monoisotopic (exact) mass is 492 g/mol. The lowest BCUT2D eigenvalue weighted by Crippen LogP contribution is -2.43. The lowest BCUT2D eigenvalue weighted by Gasteiger charge is -2.31. The number of carboxylic acid groups (broad SMARTS) is 1. The van der Waals surface area contributed by atoms with Gasteiger partial charge in [0.25, 0.3) is 0 Å². The number of ether oxygens (including phenoxy) is 3. The van der Waals surface area contributed by atoms with Crippen LogP contribution in [0.15, 0.2) is 48.8 Å². The van der Waals surface area contributed by atoms with Crippen LogP contribution in [0, 0.1) is 5.92 Å². The third kappa shape index (κ3) is 5.07. The number of fused-ring (bicyclic) bond motifs is 1. The topological polar surface area (TPSA) is 126 Å². The van der Waals surface area contributed by atoms with Gasteiger partial charge in [0.05, 0.1) is 31.5 Å². The number of methoxy groups -OCH3 is 1. The molecule has 10 nitrogen and oxygen atoms in total. The molecule has 5 rings (SSSR count). The number of aromatic nitrogens is 2. The molecule has 2 atom stereocenters. The largest absolute Gasteiger partial charge is 0.497 e. The Kier molecular flexibility index (Phi) is 6.66. The predicted molar refractivity (Wildman–Crippen MR) is 132 cm³/mol. The minimum absolute atomic E-state index is 0.180. The van der Waals surface area contributed by atoms with Gasteiger partial charge in [0.15, 0.2) is 0 Å². The van der Waals surface area contributed by atoms with Gasteiger partial charge in [0.2, 0.25) is 5.91 Å². The average Bonchev–Trinajstić information content (AvgIpc) is 3.44. The smallest absolute Gasteiger partial charge is 0.407 e. The Morgan fingerprint density at radius 1 is 1.22 bits per heavy atom. The molecule has 2 unspecified atom stereocenters. The number of carbonyl (C=O) groups excluding carboxylic acids is 1. The van der Waals surface area contributed by atoms with Crippen molar-refractivity contribution in [1.29, 1.82) is 0 Å². The lowest BCUT2D eigenvalue weighted by molar-refractivity contribution is -0.121. The molecule has 3 aromatic rings. The molecule has 1 fully saturated rings. The van der Waals surface area contributed by atoms with E-state index < -0.39 is 6.09 Å². The predicted octanol–water partition coefficient (Wildman–Crippen LogP) is 3.80. The second-order valence-corrected chi connectivity index (χ2v) is 8.98. The maximum absolute atomic E-state index is 13.3. The number of benzene rings is 2. The molecule has 0 bridgehead atoms. The van der Waals surface area contributed by atoms with Crippen LogP contribution in [0.5, 0.6) is 17.2 Å². The molecule has 3 N–H and O–H groups in total. The van der Waals surface area contributed by atoms with Crippen LogP contribution < -0.4 is 19.5 Å². The maximum Gasteiger partial charge on any atom is 0.407 e. The zero-order valence-electron chi connectivity index (χ0n) is 19.9. The second-order valence-electron chi connectivity index (χ2n) is 8.98. The first kappa shape index (κ1) is 23.5. The lowest BCUT2D eigenvalue weighted by atomic mass is 9.95. The van der Waals surface area contributed by atoms with Gasteiger partial charge in [-0.05, 0) is 60.7 Å². The van der Waals surface area contributed by atoms with Gasteiger partial charge in [-0.15, -0.1) is 0 Å². The Bertz CT molecular complexity index is 1250. The van der Waals surface area contributed by atoms with E-state index in [1.165, 1.54) is 4.90 Å². The van der Waals surface area contributed by atoms with Crippen molar-refractivity contribution in [2.75, 3.05) is 32.1 Å².